The summed E-state index contributed by atoms with van der Waals surface area (Å²) in [4.78, 5) is 4.33. The highest BCUT2D eigenvalue weighted by Crippen LogP contribution is 2.10. The number of hydrogen-bond donors (Lipinski definition) is 1. The zero-order valence-electron chi connectivity index (χ0n) is 10.3. The van der Waals surface area contributed by atoms with E-state index >= 15 is 0 Å². The molecule has 0 radical (unpaired) electrons. The summed E-state index contributed by atoms with van der Waals surface area (Å²) in [5, 5.41) is 3.46. The molecule has 5 heteroatoms. The molecule has 0 fully saturated rings. The second-order valence-electron chi connectivity index (χ2n) is 3.64. The number of imidazole rings is 1. The molecule has 0 aliphatic rings. The van der Waals surface area contributed by atoms with Gasteiger partial charge in [0.15, 0.2) is 0 Å². The average molecular weight is 243 g/mol. The van der Waals surface area contributed by atoms with Gasteiger partial charge in [-0.05, 0) is 12.7 Å². The number of nitrogens with zero attached hydrogens (tertiary/aromatic N) is 2. The minimum Gasteiger partial charge on any atom is -0.383 e. The topological polar surface area (TPSA) is 39.1 Å². The van der Waals surface area contributed by atoms with Gasteiger partial charge in [-0.1, -0.05) is 6.92 Å². The number of nitrogens with one attached hydrogen (secondary N) is 1. The Bertz CT molecular complexity index is 291. The first-order valence-corrected chi connectivity index (χ1v) is 6.96. The molecule has 1 aromatic rings. The van der Waals surface area contributed by atoms with Gasteiger partial charge in [-0.2, -0.15) is 11.8 Å². The largest absolute Gasteiger partial charge is 0.383 e. The smallest absolute Gasteiger partial charge is 0.203 e. The number of aromatic nitrogens is 2. The first-order valence-electron chi connectivity index (χ1n) is 5.57. The number of rotatable bonds is 8. The van der Waals surface area contributed by atoms with Gasteiger partial charge in [0.25, 0.3) is 0 Å². The summed E-state index contributed by atoms with van der Waals surface area (Å²) in [5.41, 5.74) is 0. The molecule has 1 aromatic heterocycles. The maximum Gasteiger partial charge on any atom is 0.203 e. The molecule has 1 N–H and O–H groups in total. The van der Waals surface area contributed by atoms with Crippen LogP contribution in [0.15, 0.2) is 12.4 Å². The van der Waals surface area contributed by atoms with Gasteiger partial charge >= 0.3 is 0 Å². The van der Waals surface area contributed by atoms with Gasteiger partial charge in [0, 0.05) is 37.8 Å². The molecule has 0 amide bonds. The molecule has 1 unspecified atom stereocenters. The van der Waals surface area contributed by atoms with Crippen molar-refractivity contribution >= 4 is 17.7 Å². The predicted octanol–water partition coefficient (Wildman–Crippen LogP) is 2.08. The van der Waals surface area contributed by atoms with Gasteiger partial charge in [-0.15, -0.1) is 0 Å². The van der Waals surface area contributed by atoms with Gasteiger partial charge in [0.2, 0.25) is 5.95 Å². The molecule has 1 rings (SSSR count). The van der Waals surface area contributed by atoms with Crippen molar-refractivity contribution in [1.29, 1.82) is 0 Å². The van der Waals surface area contributed by atoms with Crippen LogP contribution >= 0.6 is 11.8 Å². The molecule has 0 aliphatic heterocycles. The van der Waals surface area contributed by atoms with Gasteiger partial charge in [0.1, 0.15) is 0 Å². The summed E-state index contributed by atoms with van der Waals surface area (Å²) in [5.74, 6) is 2.05. The normalized spacial score (nSPS) is 12.7. The molecule has 0 saturated carbocycles. The van der Waals surface area contributed by atoms with E-state index in [1.54, 1.807) is 7.11 Å². The molecular weight excluding hydrogens is 222 g/mol. The Balaban J connectivity index is 2.54. The van der Waals surface area contributed by atoms with Crippen LogP contribution in [0.5, 0.6) is 0 Å². The van der Waals surface area contributed by atoms with E-state index < -0.39 is 0 Å². The first-order chi connectivity index (χ1) is 7.81. The van der Waals surface area contributed by atoms with Crippen LogP contribution in [0.2, 0.25) is 0 Å². The Labute approximate surface area is 102 Å². The van der Waals surface area contributed by atoms with E-state index in [0.717, 1.165) is 24.7 Å². The van der Waals surface area contributed by atoms with E-state index in [1.807, 2.05) is 24.2 Å². The lowest BCUT2D eigenvalue weighted by Crippen LogP contribution is -2.23. The van der Waals surface area contributed by atoms with Crippen molar-refractivity contribution in [3.8, 4) is 0 Å². The van der Waals surface area contributed by atoms with Gasteiger partial charge < -0.3 is 14.6 Å². The van der Waals surface area contributed by atoms with Crippen LogP contribution < -0.4 is 5.32 Å². The average Bonchev–Trinajstić information content (AvgIpc) is 2.73. The Morgan fingerprint density at radius 3 is 3.06 bits per heavy atom. The van der Waals surface area contributed by atoms with E-state index in [-0.39, 0.29) is 0 Å². The summed E-state index contributed by atoms with van der Waals surface area (Å²) in [6.45, 7) is 3.75. The van der Waals surface area contributed by atoms with Crippen molar-refractivity contribution in [3.63, 3.8) is 0 Å². The molecule has 4 nitrogen and oxygen atoms in total. The number of thioether (sulfide) groups is 1. The third kappa shape index (κ3) is 4.06. The molecule has 92 valence electrons. The van der Waals surface area contributed by atoms with Crippen LogP contribution in [0.25, 0.3) is 0 Å². The first kappa shape index (κ1) is 13.4. The third-order valence-electron chi connectivity index (χ3n) is 2.45. The van der Waals surface area contributed by atoms with Crippen LogP contribution in [0.4, 0.5) is 5.95 Å². The second-order valence-corrected chi connectivity index (χ2v) is 4.55. The van der Waals surface area contributed by atoms with Crippen molar-refractivity contribution in [2.75, 3.05) is 31.0 Å². The van der Waals surface area contributed by atoms with Crippen LogP contribution in [0.1, 0.15) is 13.3 Å². The SMILES string of the molecule is CCC(CSC)Nc1nccn1CCOC. The Morgan fingerprint density at radius 1 is 1.62 bits per heavy atom. The molecule has 0 aromatic carbocycles. The summed E-state index contributed by atoms with van der Waals surface area (Å²) in [7, 11) is 1.71. The summed E-state index contributed by atoms with van der Waals surface area (Å²) in [6, 6.07) is 0.485. The lowest BCUT2D eigenvalue weighted by molar-refractivity contribution is 0.187. The van der Waals surface area contributed by atoms with Crippen LogP contribution in [0, 0.1) is 0 Å². The van der Waals surface area contributed by atoms with Crippen molar-refractivity contribution in [2.24, 2.45) is 0 Å². The molecule has 0 spiro atoms. The fraction of sp³-hybridized carbons (Fsp3) is 0.727. The molecule has 0 bridgehead atoms. The van der Waals surface area contributed by atoms with Gasteiger partial charge in [-0.25, -0.2) is 4.98 Å². The Morgan fingerprint density at radius 2 is 2.44 bits per heavy atom. The zero-order chi connectivity index (χ0) is 11.8. The van der Waals surface area contributed by atoms with E-state index in [2.05, 4.69) is 28.0 Å². The van der Waals surface area contributed by atoms with E-state index in [1.165, 1.54) is 0 Å². The van der Waals surface area contributed by atoms with E-state index in [4.69, 9.17) is 4.74 Å². The highest BCUT2D eigenvalue weighted by molar-refractivity contribution is 7.98. The van der Waals surface area contributed by atoms with Gasteiger partial charge in [-0.3, -0.25) is 0 Å². The fourth-order valence-corrected chi connectivity index (χ4v) is 2.19. The quantitative estimate of drug-likeness (QED) is 0.759. The number of methoxy groups -OCH3 is 1. The molecule has 1 atom stereocenters. The minimum absolute atomic E-state index is 0.485. The lowest BCUT2D eigenvalue weighted by atomic mass is 10.3. The lowest BCUT2D eigenvalue weighted by Gasteiger charge is -2.17. The third-order valence-corrected chi connectivity index (χ3v) is 3.18. The van der Waals surface area contributed by atoms with Crippen molar-refractivity contribution < 1.29 is 4.74 Å². The van der Waals surface area contributed by atoms with Crippen LogP contribution in [-0.4, -0.2) is 41.3 Å². The highest BCUT2D eigenvalue weighted by Gasteiger charge is 2.08. The summed E-state index contributed by atoms with van der Waals surface area (Å²) in [6.07, 6.45) is 7.04. The standard InChI is InChI=1S/C11H21N3OS/c1-4-10(9-16-3)13-11-12-5-6-14(11)7-8-15-2/h5-6,10H,4,7-9H2,1-3H3,(H,12,13). The van der Waals surface area contributed by atoms with Crippen molar-refractivity contribution in [2.45, 2.75) is 25.9 Å². The zero-order valence-corrected chi connectivity index (χ0v) is 11.1. The Kier molecular flexibility index (Phi) is 6.33. The van der Waals surface area contributed by atoms with Crippen LogP contribution in [0.3, 0.4) is 0 Å². The molecule has 16 heavy (non-hydrogen) atoms. The Hall–Kier alpha value is -0.680. The summed E-state index contributed by atoms with van der Waals surface area (Å²) >= 11 is 1.86. The van der Waals surface area contributed by atoms with E-state index in [9.17, 15) is 0 Å². The minimum atomic E-state index is 0.485. The van der Waals surface area contributed by atoms with E-state index in [0.29, 0.717) is 12.6 Å². The number of anilines is 1. The maximum atomic E-state index is 5.07. The second kappa shape index (κ2) is 7.57. The molecule has 0 saturated heterocycles. The highest BCUT2D eigenvalue weighted by atomic mass is 32.2. The monoisotopic (exact) mass is 243 g/mol. The summed E-state index contributed by atoms with van der Waals surface area (Å²) < 4.78 is 7.16. The fourth-order valence-electron chi connectivity index (χ4n) is 1.46. The van der Waals surface area contributed by atoms with Crippen molar-refractivity contribution in [1.82, 2.24) is 9.55 Å². The van der Waals surface area contributed by atoms with Crippen LogP contribution in [-0.2, 0) is 11.3 Å². The number of hydrogen-bond acceptors (Lipinski definition) is 4. The molecular formula is C11H21N3OS. The molecule has 0 aliphatic carbocycles. The van der Waals surface area contributed by atoms with Crippen molar-refractivity contribution in [3.05, 3.63) is 12.4 Å². The number of ether oxygens (including phenoxy) is 1. The molecule has 1 heterocycles. The maximum absolute atomic E-state index is 5.07. The predicted molar refractivity (Wildman–Crippen MR) is 70.2 cm³/mol. The van der Waals surface area contributed by atoms with Gasteiger partial charge in [0.05, 0.1) is 6.61 Å².